The van der Waals surface area contributed by atoms with Crippen LogP contribution < -0.4 is 4.80 Å². The second-order valence-corrected chi connectivity index (χ2v) is 7.89. The average Bonchev–Trinajstić information content (AvgIpc) is 2.84. The summed E-state index contributed by atoms with van der Waals surface area (Å²) < 4.78 is 44.8. The maximum Gasteiger partial charge on any atom is 0.285 e. The summed E-state index contributed by atoms with van der Waals surface area (Å²) in [5.74, 6) is -0.373. The predicted molar refractivity (Wildman–Crippen MR) is 93.9 cm³/mol. The minimum Gasteiger partial charge on any atom is -0.312 e. The number of aromatic nitrogens is 1. The molecule has 0 bridgehead atoms. The number of rotatable bonds is 4. The Labute approximate surface area is 143 Å². The van der Waals surface area contributed by atoms with Gasteiger partial charge in [0.25, 0.3) is 10.0 Å². The van der Waals surface area contributed by atoms with Crippen LogP contribution in [0.15, 0.2) is 64.4 Å². The lowest BCUT2D eigenvalue weighted by atomic mass is 10.2. The van der Waals surface area contributed by atoms with Gasteiger partial charge in [-0.1, -0.05) is 35.1 Å². The van der Waals surface area contributed by atoms with Gasteiger partial charge >= 0.3 is 0 Å². The zero-order chi connectivity index (χ0) is 17.3. The Morgan fingerprint density at radius 1 is 1.25 bits per heavy atom. The minimum atomic E-state index is -3.84. The number of fused-ring (bicyclic) bond motifs is 1. The molecule has 3 aromatic rings. The topological polar surface area (TPSA) is 51.4 Å². The van der Waals surface area contributed by atoms with Crippen molar-refractivity contribution in [2.45, 2.75) is 18.4 Å². The van der Waals surface area contributed by atoms with E-state index < -0.39 is 10.0 Å². The second kappa shape index (κ2) is 6.33. The molecule has 0 radical (unpaired) electrons. The Balaban J connectivity index is 2.23. The summed E-state index contributed by atoms with van der Waals surface area (Å²) in [5.41, 5.74) is 1.69. The molecule has 24 heavy (non-hydrogen) atoms. The molecule has 3 rings (SSSR count). The number of halogens is 1. The van der Waals surface area contributed by atoms with Crippen molar-refractivity contribution in [3.63, 3.8) is 0 Å². The fourth-order valence-corrected chi connectivity index (χ4v) is 4.56. The summed E-state index contributed by atoms with van der Waals surface area (Å²) in [6, 6.07) is 10.8. The van der Waals surface area contributed by atoms with Crippen molar-refractivity contribution in [2.75, 3.05) is 0 Å². The highest BCUT2D eigenvalue weighted by atomic mass is 32.2. The first kappa shape index (κ1) is 16.6. The quantitative estimate of drug-likeness (QED) is 0.666. The van der Waals surface area contributed by atoms with Crippen LogP contribution in [0.1, 0.15) is 5.56 Å². The van der Waals surface area contributed by atoms with Crippen molar-refractivity contribution < 1.29 is 12.8 Å². The Morgan fingerprint density at radius 3 is 2.62 bits per heavy atom. The number of thiazole rings is 1. The van der Waals surface area contributed by atoms with Crippen LogP contribution in [0.4, 0.5) is 4.39 Å². The Hall–Kier alpha value is -2.25. The summed E-state index contributed by atoms with van der Waals surface area (Å²) in [7, 11) is -3.84. The Kier molecular flexibility index (Phi) is 4.38. The number of allylic oxidation sites excluding steroid dienone is 1. The number of sulfonamides is 1. The lowest BCUT2D eigenvalue weighted by Crippen LogP contribution is -2.16. The molecule has 0 amide bonds. The van der Waals surface area contributed by atoms with Crippen molar-refractivity contribution >= 4 is 31.6 Å². The van der Waals surface area contributed by atoms with E-state index in [4.69, 9.17) is 0 Å². The van der Waals surface area contributed by atoms with E-state index in [1.54, 1.807) is 28.8 Å². The van der Waals surface area contributed by atoms with Gasteiger partial charge in [0, 0.05) is 6.54 Å². The molecule has 1 aromatic heterocycles. The molecule has 4 nitrogen and oxygen atoms in total. The second-order valence-electron chi connectivity index (χ2n) is 5.28. The predicted octanol–water partition coefficient (Wildman–Crippen LogP) is 3.63. The number of aryl methyl sites for hydroxylation is 1. The van der Waals surface area contributed by atoms with Crippen LogP contribution in [0.3, 0.4) is 0 Å². The van der Waals surface area contributed by atoms with Gasteiger partial charge in [0.2, 0.25) is 4.80 Å². The average molecular weight is 362 g/mol. The van der Waals surface area contributed by atoms with Crippen LogP contribution in [0.2, 0.25) is 0 Å². The molecule has 0 saturated carbocycles. The van der Waals surface area contributed by atoms with E-state index in [1.165, 1.54) is 24.3 Å². The summed E-state index contributed by atoms with van der Waals surface area (Å²) in [6.07, 6.45) is 1.65. The van der Waals surface area contributed by atoms with Crippen molar-refractivity contribution in [2.24, 2.45) is 4.40 Å². The maximum atomic E-state index is 13.4. The van der Waals surface area contributed by atoms with Gasteiger partial charge in [0.15, 0.2) is 0 Å². The SMILES string of the molecule is C=CCn1/c(=N/S(=O)(=O)c2ccc(C)cc2)sc2cc(F)ccc21. The number of hydrogen-bond donors (Lipinski definition) is 0. The molecule has 0 N–H and O–H groups in total. The third-order valence-electron chi connectivity index (χ3n) is 3.47. The van der Waals surface area contributed by atoms with E-state index in [2.05, 4.69) is 11.0 Å². The highest BCUT2D eigenvalue weighted by Crippen LogP contribution is 2.20. The molecule has 0 saturated heterocycles. The molecular formula is C17H15FN2O2S2. The molecule has 0 atom stereocenters. The van der Waals surface area contributed by atoms with E-state index in [1.807, 2.05) is 6.92 Å². The lowest BCUT2D eigenvalue weighted by Gasteiger charge is -2.02. The summed E-state index contributed by atoms with van der Waals surface area (Å²) in [5, 5.41) is 0. The van der Waals surface area contributed by atoms with Crippen LogP contribution in [0.25, 0.3) is 10.2 Å². The van der Waals surface area contributed by atoms with Crippen LogP contribution in [0.5, 0.6) is 0 Å². The first-order valence-electron chi connectivity index (χ1n) is 7.18. The van der Waals surface area contributed by atoms with Gasteiger partial charge in [-0.2, -0.15) is 8.42 Å². The van der Waals surface area contributed by atoms with Gasteiger partial charge in [0.1, 0.15) is 5.82 Å². The molecule has 0 aliphatic heterocycles. The number of nitrogens with zero attached hydrogens (tertiary/aromatic N) is 2. The third kappa shape index (κ3) is 3.18. The molecule has 0 unspecified atom stereocenters. The molecule has 0 aliphatic carbocycles. The Morgan fingerprint density at radius 2 is 1.96 bits per heavy atom. The zero-order valence-corrected chi connectivity index (χ0v) is 14.6. The largest absolute Gasteiger partial charge is 0.312 e. The van der Waals surface area contributed by atoms with Crippen molar-refractivity contribution in [1.82, 2.24) is 4.57 Å². The number of benzene rings is 2. The number of hydrogen-bond acceptors (Lipinski definition) is 3. The highest BCUT2D eigenvalue weighted by Gasteiger charge is 2.14. The molecule has 1 heterocycles. The normalized spacial score (nSPS) is 12.7. The summed E-state index contributed by atoms with van der Waals surface area (Å²) in [6.45, 7) is 5.95. The third-order valence-corrected chi connectivity index (χ3v) is 5.91. The van der Waals surface area contributed by atoms with Gasteiger partial charge in [0.05, 0.1) is 15.1 Å². The Bertz CT molecular complexity index is 1080. The molecule has 0 spiro atoms. The molecular weight excluding hydrogens is 347 g/mol. The van der Waals surface area contributed by atoms with Crippen LogP contribution in [-0.4, -0.2) is 13.0 Å². The van der Waals surface area contributed by atoms with E-state index in [9.17, 15) is 12.8 Å². The molecule has 7 heteroatoms. The maximum absolute atomic E-state index is 13.4. The van der Waals surface area contributed by atoms with Crippen molar-refractivity contribution in [1.29, 1.82) is 0 Å². The van der Waals surface area contributed by atoms with Crippen molar-refractivity contribution in [3.8, 4) is 0 Å². The molecule has 0 fully saturated rings. The fourth-order valence-electron chi connectivity index (χ4n) is 2.29. The first-order valence-corrected chi connectivity index (χ1v) is 9.44. The van der Waals surface area contributed by atoms with Crippen LogP contribution in [0, 0.1) is 12.7 Å². The standard InChI is InChI=1S/C17H15FN2O2S2/c1-3-10-20-15-9-6-13(18)11-16(15)23-17(20)19-24(21,22)14-7-4-12(2)5-8-14/h3-9,11H,1,10H2,2H3/b19-17-. The van der Waals surface area contributed by atoms with Crippen LogP contribution >= 0.6 is 11.3 Å². The summed E-state index contributed by atoms with van der Waals surface area (Å²) >= 11 is 1.13. The lowest BCUT2D eigenvalue weighted by molar-refractivity contribution is 0.596. The molecule has 124 valence electrons. The molecule has 2 aromatic carbocycles. The smallest absolute Gasteiger partial charge is 0.285 e. The van der Waals surface area contributed by atoms with E-state index in [-0.39, 0.29) is 15.5 Å². The van der Waals surface area contributed by atoms with E-state index in [0.717, 1.165) is 22.4 Å². The van der Waals surface area contributed by atoms with Gasteiger partial charge < -0.3 is 4.57 Å². The summed E-state index contributed by atoms with van der Waals surface area (Å²) in [4.78, 5) is 0.415. The zero-order valence-electron chi connectivity index (χ0n) is 12.9. The van der Waals surface area contributed by atoms with Crippen molar-refractivity contribution in [3.05, 3.63) is 71.3 Å². The van der Waals surface area contributed by atoms with E-state index in [0.29, 0.717) is 11.2 Å². The first-order chi connectivity index (χ1) is 11.4. The van der Waals surface area contributed by atoms with E-state index >= 15 is 0 Å². The highest BCUT2D eigenvalue weighted by molar-refractivity contribution is 7.90. The minimum absolute atomic E-state index is 0.127. The van der Waals surface area contributed by atoms with Gasteiger partial charge in [-0.25, -0.2) is 4.39 Å². The van der Waals surface area contributed by atoms with Gasteiger partial charge in [-0.3, -0.25) is 0 Å². The molecule has 0 aliphatic rings. The fraction of sp³-hybridized carbons (Fsp3) is 0.118. The van der Waals surface area contributed by atoms with Gasteiger partial charge in [-0.05, 0) is 37.3 Å². The monoisotopic (exact) mass is 362 g/mol. The van der Waals surface area contributed by atoms with Crippen LogP contribution in [-0.2, 0) is 16.6 Å². The van der Waals surface area contributed by atoms with Gasteiger partial charge in [-0.15, -0.1) is 11.0 Å².